The number of carboxylic acid groups (broad SMARTS) is 1. The zero-order chi connectivity index (χ0) is 13.8. The average molecular weight is 275 g/mol. The largest absolute Gasteiger partial charge is 0.481 e. The van der Waals surface area contributed by atoms with Crippen LogP contribution in [0.1, 0.15) is 26.7 Å². The molecular formula is C12H21NO4S. The van der Waals surface area contributed by atoms with Crippen molar-refractivity contribution in [1.82, 2.24) is 4.90 Å². The lowest BCUT2D eigenvalue weighted by molar-refractivity contribution is -0.156. The molecule has 6 heteroatoms. The van der Waals surface area contributed by atoms with Crippen molar-refractivity contribution < 1.29 is 19.4 Å². The SMILES string of the molecule is CCC(C)(OC)C(=O)N1CCSCC1CC(=O)O. The Morgan fingerprint density at radius 1 is 1.56 bits per heavy atom. The van der Waals surface area contributed by atoms with Gasteiger partial charge in [-0.15, -0.1) is 0 Å². The Hall–Kier alpha value is -0.750. The molecule has 18 heavy (non-hydrogen) atoms. The Kier molecular flexibility index (Phi) is 5.47. The third-order valence-corrected chi connectivity index (χ3v) is 4.57. The van der Waals surface area contributed by atoms with Gasteiger partial charge in [0.1, 0.15) is 5.60 Å². The second kappa shape index (κ2) is 6.43. The molecule has 0 bridgehead atoms. The topological polar surface area (TPSA) is 66.8 Å². The van der Waals surface area contributed by atoms with Gasteiger partial charge in [0, 0.05) is 25.2 Å². The van der Waals surface area contributed by atoms with Crippen LogP contribution in [-0.4, -0.2) is 58.7 Å². The molecule has 1 N–H and O–H groups in total. The summed E-state index contributed by atoms with van der Waals surface area (Å²) in [6.07, 6.45) is 0.577. The van der Waals surface area contributed by atoms with Gasteiger partial charge in [0.05, 0.1) is 12.5 Å². The van der Waals surface area contributed by atoms with E-state index in [4.69, 9.17) is 9.84 Å². The van der Waals surface area contributed by atoms with Gasteiger partial charge in [-0.05, 0) is 13.3 Å². The molecule has 1 aliphatic heterocycles. The van der Waals surface area contributed by atoms with Gasteiger partial charge < -0.3 is 14.7 Å². The summed E-state index contributed by atoms with van der Waals surface area (Å²) < 4.78 is 5.31. The highest BCUT2D eigenvalue weighted by Gasteiger charge is 2.39. The van der Waals surface area contributed by atoms with E-state index >= 15 is 0 Å². The Morgan fingerprint density at radius 3 is 2.72 bits per heavy atom. The zero-order valence-corrected chi connectivity index (χ0v) is 12.0. The van der Waals surface area contributed by atoms with E-state index in [-0.39, 0.29) is 18.4 Å². The van der Waals surface area contributed by atoms with Gasteiger partial charge in [-0.25, -0.2) is 0 Å². The molecule has 1 rings (SSSR count). The normalized spacial score (nSPS) is 23.5. The van der Waals surface area contributed by atoms with E-state index in [9.17, 15) is 9.59 Å². The second-order valence-corrected chi connectivity index (χ2v) is 5.76. The van der Waals surface area contributed by atoms with Crippen LogP contribution in [-0.2, 0) is 14.3 Å². The number of methoxy groups -OCH3 is 1. The summed E-state index contributed by atoms with van der Waals surface area (Å²) in [6, 6.07) is -0.227. The van der Waals surface area contributed by atoms with E-state index in [2.05, 4.69) is 0 Å². The highest BCUT2D eigenvalue weighted by Crippen LogP contribution is 2.25. The van der Waals surface area contributed by atoms with E-state index < -0.39 is 11.6 Å². The van der Waals surface area contributed by atoms with Crippen molar-refractivity contribution >= 4 is 23.6 Å². The van der Waals surface area contributed by atoms with E-state index in [1.54, 1.807) is 23.6 Å². The maximum absolute atomic E-state index is 12.5. The monoisotopic (exact) mass is 275 g/mol. The van der Waals surface area contributed by atoms with Gasteiger partial charge in [0.2, 0.25) is 0 Å². The maximum atomic E-state index is 12.5. The van der Waals surface area contributed by atoms with E-state index in [0.717, 1.165) is 5.75 Å². The lowest BCUT2D eigenvalue weighted by Gasteiger charge is -2.39. The Bertz CT molecular complexity index is 317. The summed E-state index contributed by atoms with van der Waals surface area (Å²) in [5.74, 6) is 0.572. The molecule has 1 aliphatic rings. The summed E-state index contributed by atoms with van der Waals surface area (Å²) >= 11 is 1.69. The number of amides is 1. The number of ether oxygens (including phenoxy) is 1. The predicted molar refractivity (Wildman–Crippen MR) is 70.8 cm³/mol. The van der Waals surface area contributed by atoms with Crippen LogP contribution in [0.3, 0.4) is 0 Å². The molecule has 1 fully saturated rings. The lowest BCUT2D eigenvalue weighted by atomic mass is 9.99. The van der Waals surface area contributed by atoms with Crippen LogP contribution in [0.15, 0.2) is 0 Å². The van der Waals surface area contributed by atoms with E-state index in [1.807, 2.05) is 6.92 Å². The third-order valence-electron chi connectivity index (χ3n) is 3.48. The van der Waals surface area contributed by atoms with E-state index in [0.29, 0.717) is 18.7 Å². The van der Waals surface area contributed by atoms with Gasteiger partial charge in [-0.3, -0.25) is 9.59 Å². The predicted octanol–water partition coefficient (Wildman–Crippen LogP) is 1.22. The van der Waals surface area contributed by atoms with Crippen molar-refractivity contribution in [2.75, 3.05) is 25.2 Å². The standard InChI is InChI=1S/C12H21NO4S/c1-4-12(2,17-3)11(16)13-5-6-18-8-9(13)7-10(14)15/h9H,4-8H2,1-3H3,(H,14,15). The van der Waals surface area contributed by atoms with Gasteiger partial charge in [-0.1, -0.05) is 6.92 Å². The second-order valence-electron chi connectivity index (χ2n) is 4.61. The van der Waals surface area contributed by atoms with Crippen molar-refractivity contribution in [1.29, 1.82) is 0 Å². The molecule has 2 unspecified atom stereocenters. The molecule has 0 aromatic rings. The molecule has 0 aliphatic carbocycles. The summed E-state index contributed by atoms with van der Waals surface area (Å²) in [6.45, 7) is 4.25. The molecule has 5 nitrogen and oxygen atoms in total. The minimum absolute atomic E-state index is 0.00223. The van der Waals surface area contributed by atoms with Crippen molar-refractivity contribution in [3.05, 3.63) is 0 Å². The number of hydrogen-bond acceptors (Lipinski definition) is 4. The number of thioether (sulfide) groups is 1. The summed E-state index contributed by atoms with van der Waals surface area (Å²) in [4.78, 5) is 25.0. The molecule has 1 amide bonds. The van der Waals surface area contributed by atoms with Crippen LogP contribution in [0.4, 0.5) is 0 Å². The van der Waals surface area contributed by atoms with Gasteiger partial charge in [-0.2, -0.15) is 11.8 Å². The highest BCUT2D eigenvalue weighted by atomic mass is 32.2. The first kappa shape index (κ1) is 15.3. The fraction of sp³-hybridized carbons (Fsp3) is 0.833. The number of carbonyl (C=O) groups is 2. The Balaban J connectivity index is 2.82. The summed E-state index contributed by atoms with van der Waals surface area (Å²) in [7, 11) is 1.52. The first-order valence-corrected chi connectivity index (χ1v) is 7.26. The first-order chi connectivity index (χ1) is 8.44. The summed E-state index contributed by atoms with van der Waals surface area (Å²) in [5, 5.41) is 8.90. The molecule has 0 aromatic carbocycles. The summed E-state index contributed by atoms with van der Waals surface area (Å²) in [5.41, 5.74) is -0.848. The molecule has 1 heterocycles. The van der Waals surface area contributed by atoms with Crippen molar-refractivity contribution in [2.24, 2.45) is 0 Å². The van der Waals surface area contributed by atoms with Crippen LogP contribution in [0, 0.1) is 0 Å². The molecule has 2 atom stereocenters. The van der Waals surface area contributed by atoms with E-state index in [1.165, 1.54) is 7.11 Å². The Labute approximate surface area is 112 Å². The minimum Gasteiger partial charge on any atom is -0.481 e. The van der Waals surface area contributed by atoms with Crippen LogP contribution in [0.2, 0.25) is 0 Å². The molecule has 0 radical (unpaired) electrons. The minimum atomic E-state index is -0.865. The highest BCUT2D eigenvalue weighted by molar-refractivity contribution is 7.99. The average Bonchev–Trinajstić information content (AvgIpc) is 2.37. The molecular weight excluding hydrogens is 254 g/mol. The number of carbonyl (C=O) groups excluding carboxylic acids is 1. The number of nitrogens with zero attached hydrogens (tertiary/aromatic N) is 1. The molecule has 104 valence electrons. The first-order valence-electron chi connectivity index (χ1n) is 6.10. The fourth-order valence-corrected chi connectivity index (χ4v) is 3.04. The zero-order valence-electron chi connectivity index (χ0n) is 11.1. The molecule has 1 saturated heterocycles. The van der Waals surface area contributed by atoms with Gasteiger partial charge in [0.15, 0.2) is 0 Å². The molecule has 0 saturated carbocycles. The van der Waals surface area contributed by atoms with Crippen molar-refractivity contribution in [3.8, 4) is 0 Å². The van der Waals surface area contributed by atoms with Crippen LogP contribution < -0.4 is 0 Å². The number of carboxylic acids is 1. The number of aliphatic carboxylic acids is 1. The number of hydrogen-bond donors (Lipinski definition) is 1. The van der Waals surface area contributed by atoms with Crippen LogP contribution in [0.5, 0.6) is 0 Å². The van der Waals surface area contributed by atoms with Crippen LogP contribution >= 0.6 is 11.8 Å². The lowest BCUT2D eigenvalue weighted by Crippen LogP contribution is -2.55. The van der Waals surface area contributed by atoms with Crippen molar-refractivity contribution in [3.63, 3.8) is 0 Å². The van der Waals surface area contributed by atoms with Crippen molar-refractivity contribution in [2.45, 2.75) is 38.3 Å². The quantitative estimate of drug-likeness (QED) is 0.817. The smallest absolute Gasteiger partial charge is 0.305 e. The van der Waals surface area contributed by atoms with Gasteiger partial charge in [0.25, 0.3) is 5.91 Å². The van der Waals surface area contributed by atoms with Gasteiger partial charge >= 0.3 is 5.97 Å². The van der Waals surface area contributed by atoms with Crippen LogP contribution in [0.25, 0.3) is 0 Å². The Morgan fingerprint density at radius 2 is 2.22 bits per heavy atom. The third kappa shape index (κ3) is 3.38. The maximum Gasteiger partial charge on any atom is 0.305 e. The molecule has 0 spiro atoms. The fourth-order valence-electron chi connectivity index (χ4n) is 1.98. The number of rotatable bonds is 5. The molecule has 0 aromatic heterocycles.